The van der Waals surface area contributed by atoms with Gasteiger partial charge in [-0.2, -0.15) is 4.31 Å². The van der Waals surface area contributed by atoms with Gasteiger partial charge in [-0.05, 0) is 67.3 Å². The number of aryl methyl sites for hydroxylation is 1. The first-order valence-electron chi connectivity index (χ1n) is 10.6. The quantitative estimate of drug-likeness (QED) is 0.572. The summed E-state index contributed by atoms with van der Waals surface area (Å²) < 4.78 is 27.7. The van der Waals surface area contributed by atoms with Crippen LogP contribution in [0.5, 0.6) is 0 Å². The Kier molecular flexibility index (Phi) is 8.96. The van der Waals surface area contributed by atoms with E-state index < -0.39 is 16.1 Å². The number of nitrogens with one attached hydrogen (secondary N) is 1. The molecule has 33 heavy (non-hydrogen) atoms. The second kappa shape index (κ2) is 11.3. The molecule has 3 heterocycles. The summed E-state index contributed by atoms with van der Waals surface area (Å²) in [6.45, 7) is 1.71. The van der Waals surface area contributed by atoms with Crippen molar-refractivity contribution in [2.45, 2.75) is 31.8 Å². The number of carbonyl (C=O) groups excluding carboxylic acids is 1. The largest absolute Gasteiger partial charge is 0.395 e. The zero-order chi connectivity index (χ0) is 22.7. The Hall–Kier alpha value is -1.46. The van der Waals surface area contributed by atoms with E-state index in [-0.39, 0.29) is 31.5 Å². The van der Waals surface area contributed by atoms with E-state index in [1.165, 1.54) is 28.5 Å². The monoisotopic (exact) mass is 531 g/mol. The fourth-order valence-corrected chi connectivity index (χ4v) is 6.62. The van der Waals surface area contributed by atoms with Gasteiger partial charge in [0.2, 0.25) is 15.9 Å². The van der Waals surface area contributed by atoms with Crippen LogP contribution in [0.15, 0.2) is 35.7 Å². The van der Waals surface area contributed by atoms with E-state index in [9.17, 15) is 18.3 Å². The summed E-state index contributed by atoms with van der Waals surface area (Å²) >= 11 is 7.17. The topological polar surface area (TPSA) is 90.0 Å². The van der Waals surface area contributed by atoms with Gasteiger partial charge in [0.15, 0.2) is 0 Å². The zero-order valence-electron chi connectivity index (χ0n) is 17.9. The summed E-state index contributed by atoms with van der Waals surface area (Å²) in [4.78, 5) is 15.6. The summed E-state index contributed by atoms with van der Waals surface area (Å²) in [5.41, 5.74) is 3.25. The van der Waals surface area contributed by atoms with Crippen LogP contribution in [0.1, 0.15) is 28.8 Å². The summed E-state index contributed by atoms with van der Waals surface area (Å²) in [5.74, 6) is -0.263. The number of aliphatic hydroxyl groups excluding tert-OH is 1. The number of amides is 1. The lowest BCUT2D eigenvalue weighted by Gasteiger charge is -2.25. The molecule has 2 aliphatic heterocycles. The molecule has 180 valence electrons. The Morgan fingerprint density at radius 2 is 2.09 bits per heavy atom. The molecule has 1 aromatic heterocycles. The maximum atomic E-state index is 13.3. The molecule has 0 radical (unpaired) electrons. The first kappa shape index (κ1) is 26.2. The van der Waals surface area contributed by atoms with Crippen molar-refractivity contribution >= 4 is 63.0 Å². The van der Waals surface area contributed by atoms with E-state index >= 15 is 0 Å². The number of benzene rings is 1. The molecule has 11 heteroatoms. The minimum absolute atomic E-state index is 0. The van der Waals surface area contributed by atoms with Crippen molar-refractivity contribution in [3.8, 4) is 0 Å². The first-order valence-corrected chi connectivity index (χ1v) is 13.3. The maximum Gasteiger partial charge on any atom is 0.245 e. The molecule has 1 aromatic carbocycles. The lowest BCUT2D eigenvalue weighted by molar-refractivity contribution is -0.120. The average Bonchev–Trinajstić information content (AvgIpc) is 3.27. The van der Waals surface area contributed by atoms with Gasteiger partial charge in [0.25, 0.3) is 0 Å². The smallest absolute Gasteiger partial charge is 0.245 e. The van der Waals surface area contributed by atoms with Crippen LogP contribution < -0.4 is 10.2 Å². The van der Waals surface area contributed by atoms with Crippen LogP contribution in [-0.2, 0) is 27.8 Å². The van der Waals surface area contributed by atoms with Crippen LogP contribution in [0.2, 0.25) is 4.34 Å². The number of carbonyl (C=O) groups is 1. The predicted octanol–water partition coefficient (Wildman–Crippen LogP) is 3.26. The van der Waals surface area contributed by atoms with Gasteiger partial charge in [-0.25, -0.2) is 8.42 Å². The van der Waals surface area contributed by atoms with E-state index in [0.717, 1.165) is 41.3 Å². The van der Waals surface area contributed by atoms with Crippen LogP contribution in [0.25, 0.3) is 6.08 Å². The van der Waals surface area contributed by atoms with E-state index in [0.29, 0.717) is 22.2 Å². The van der Waals surface area contributed by atoms with Crippen molar-refractivity contribution in [3.05, 3.63) is 56.1 Å². The number of hydrogen-bond donors (Lipinski definition) is 2. The van der Waals surface area contributed by atoms with Crippen molar-refractivity contribution in [2.75, 3.05) is 31.1 Å². The van der Waals surface area contributed by atoms with Crippen LogP contribution in [0, 0.1) is 0 Å². The van der Waals surface area contributed by atoms with Gasteiger partial charge >= 0.3 is 0 Å². The molecular formula is C22H27Cl2N3O4S2. The highest BCUT2D eigenvalue weighted by Crippen LogP contribution is 2.29. The molecule has 1 fully saturated rings. The number of nitrogens with zero attached hydrogens (tertiary/aromatic N) is 2. The number of rotatable bonds is 7. The SMILES string of the molecule is Cl.O=C1[C@@H](N(CCO)S(=O)(=O)/C=C/c2ccc(Cl)s2)CCN1c1ccc2c(c1)CCCNC2. The Morgan fingerprint density at radius 3 is 2.82 bits per heavy atom. The average molecular weight is 533 g/mol. The van der Waals surface area contributed by atoms with E-state index in [1.807, 2.05) is 18.2 Å². The molecule has 2 aliphatic rings. The molecule has 0 aliphatic carbocycles. The normalized spacial score (nSPS) is 19.1. The molecular weight excluding hydrogens is 505 g/mol. The molecule has 0 spiro atoms. The van der Waals surface area contributed by atoms with Crippen molar-refractivity contribution in [2.24, 2.45) is 0 Å². The molecule has 4 rings (SSSR count). The maximum absolute atomic E-state index is 13.3. The number of aliphatic hydroxyl groups is 1. The number of anilines is 1. The first-order chi connectivity index (χ1) is 15.4. The number of thiophene rings is 1. The standard InChI is InChI=1S/C22H26ClN3O4S2.ClH/c23-21-6-5-19(31-21)8-13-32(29,30)26(11-12-27)20-7-10-25(22(20)28)18-4-3-17-15-24-9-1-2-16(17)14-18;/h3-6,8,13-14,20,24,27H,1-2,7,9-12,15H2;1H/b13-8+;/t20-;/m0./s1. The molecule has 0 unspecified atom stereocenters. The minimum atomic E-state index is -3.91. The van der Waals surface area contributed by atoms with Gasteiger partial charge in [-0.3, -0.25) is 4.79 Å². The van der Waals surface area contributed by atoms with Crippen molar-refractivity contribution in [3.63, 3.8) is 0 Å². The van der Waals surface area contributed by atoms with Gasteiger partial charge in [0.05, 0.1) is 10.9 Å². The van der Waals surface area contributed by atoms with Gasteiger partial charge < -0.3 is 15.3 Å². The highest BCUT2D eigenvalue weighted by Gasteiger charge is 2.41. The molecule has 0 saturated carbocycles. The minimum Gasteiger partial charge on any atom is -0.395 e. The molecule has 1 saturated heterocycles. The molecule has 2 N–H and O–H groups in total. The predicted molar refractivity (Wildman–Crippen MR) is 136 cm³/mol. The number of halogens is 2. The van der Waals surface area contributed by atoms with Crippen molar-refractivity contribution in [1.82, 2.24) is 9.62 Å². The van der Waals surface area contributed by atoms with Crippen molar-refractivity contribution in [1.29, 1.82) is 0 Å². The van der Waals surface area contributed by atoms with Gasteiger partial charge in [-0.15, -0.1) is 23.7 Å². The third kappa shape index (κ3) is 5.97. The van der Waals surface area contributed by atoms with E-state index in [4.69, 9.17) is 11.6 Å². The van der Waals surface area contributed by atoms with E-state index in [1.54, 1.807) is 17.0 Å². The summed E-state index contributed by atoms with van der Waals surface area (Å²) in [6.07, 6.45) is 3.82. The third-order valence-corrected chi connectivity index (χ3v) is 8.55. The van der Waals surface area contributed by atoms with Gasteiger partial charge in [0, 0.05) is 35.6 Å². The van der Waals surface area contributed by atoms with Gasteiger partial charge in [-0.1, -0.05) is 17.7 Å². The molecule has 0 bridgehead atoms. The van der Waals surface area contributed by atoms with E-state index in [2.05, 4.69) is 5.32 Å². The van der Waals surface area contributed by atoms with Crippen molar-refractivity contribution < 1.29 is 18.3 Å². The number of hydrogen-bond acceptors (Lipinski definition) is 6. The lowest BCUT2D eigenvalue weighted by Crippen LogP contribution is -2.45. The Bertz CT molecular complexity index is 1120. The van der Waals surface area contributed by atoms with Crippen LogP contribution in [0.4, 0.5) is 5.69 Å². The van der Waals surface area contributed by atoms with Crippen LogP contribution in [0.3, 0.4) is 0 Å². The zero-order valence-corrected chi connectivity index (χ0v) is 21.2. The number of sulfonamides is 1. The summed E-state index contributed by atoms with van der Waals surface area (Å²) in [5, 5.41) is 14.0. The van der Waals surface area contributed by atoms with Gasteiger partial charge in [0.1, 0.15) is 6.04 Å². The lowest BCUT2D eigenvalue weighted by atomic mass is 10.0. The number of fused-ring (bicyclic) bond motifs is 1. The fraction of sp³-hybridized carbons (Fsp3) is 0.409. The summed E-state index contributed by atoms with van der Waals surface area (Å²) in [6, 6.07) is 8.60. The Labute approximate surface area is 209 Å². The molecule has 1 atom stereocenters. The third-order valence-electron chi connectivity index (χ3n) is 5.79. The molecule has 7 nitrogen and oxygen atoms in total. The summed E-state index contributed by atoms with van der Waals surface area (Å²) in [7, 11) is -3.91. The molecule has 1 amide bonds. The Balaban J connectivity index is 0.00000306. The second-order valence-electron chi connectivity index (χ2n) is 7.85. The fourth-order valence-electron chi connectivity index (χ4n) is 4.21. The second-order valence-corrected chi connectivity index (χ2v) is 11.4. The van der Waals surface area contributed by atoms with Crippen LogP contribution >= 0.6 is 35.3 Å². The highest BCUT2D eigenvalue weighted by atomic mass is 35.5. The highest BCUT2D eigenvalue weighted by molar-refractivity contribution is 7.92. The van der Waals surface area contributed by atoms with Crippen LogP contribution in [-0.4, -0.2) is 56.0 Å². The molecule has 2 aromatic rings. The Morgan fingerprint density at radius 1 is 1.27 bits per heavy atom.